The SMILES string of the molecule is CCCCOC(=O)[C@@H]1CS[C@H](C(C)C)N1C(=O)c1ccc(Cl)c(Cl)c1. The van der Waals surface area contributed by atoms with Crippen molar-refractivity contribution in [1.29, 1.82) is 0 Å². The predicted octanol–water partition coefficient (Wildman–Crippen LogP) is 4.88. The molecule has 7 heteroatoms. The van der Waals surface area contributed by atoms with Gasteiger partial charge in [0.05, 0.1) is 22.0 Å². The van der Waals surface area contributed by atoms with Gasteiger partial charge in [-0.05, 0) is 30.5 Å². The summed E-state index contributed by atoms with van der Waals surface area (Å²) in [6, 6.07) is 4.21. The lowest BCUT2D eigenvalue weighted by Crippen LogP contribution is -2.47. The minimum absolute atomic E-state index is 0.0781. The van der Waals surface area contributed by atoms with Crippen LogP contribution in [-0.4, -0.2) is 40.6 Å². The topological polar surface area (TPSA) is 46.6 Å². The van der Waals surface area contributed by atoms with Crippen LogP contribution in [-0.2, 0) is 9.53 Å². The Balaban J connectivity index is 2.24. The zero-order valence-electron chi connectivity index (χ0n) is 14.6. The van der Waals surface area contributed by atoms with E-state index in [1.807, 2.05) is 20.8 Å². The fourth-order valence-corrected chi connectivity index (χ4v) is 4.43. The van der Waals surface area contributed by atoms with Gasteiger partial charge in [0.15, 0.2) is 0 Å². The first-order valence-electron chi connectivity index (χ1n) is 8.42. The van der Waals surface area contributed by atoms with Crippen molar-refractivity contribution in [3.8, 4) is 0 Å². The number of nitrogens with zero attached hydrogens (tertiary/aromatic N) is 1. The van der Waals surface area contributed by atoms with Crippen molar-refractivity contribution in [1.82, 2.24) is 4.90 Å². The number of amides is 1. The van der Waals surface area contributed by atoms with Gasteiger partial charge in [-0.2, -0.15) is 0 Å². The summed E-state index contributed by atoms with van der Waals surface area (Å²) in [5, 5.41) is 0.637. The van der Waals surface area contributed by atoms with E-state index in [2.05, 4.69) is 0 Å². The molecule has 1 aromatic carbocycles. The lowest BCUT2D eigenvalue weighted by Gasteiger charge is -2.30. The number of benzene rings is 1. The van der Waals surface area contributed by atoms with Crippen LogP contribution in [0.25, 0.3) is 0 Å². The minimum Gasteiger partial charge on any atom is -0.464 e. The molecule has 1 heterocycles. The van der Waals surface area contributed by atoms with E-state index in [1.54, 1.807) is 34.9 Å². The average molecular weight is 404 g/mol. The van der Waals surface area contributed by atoms with E-state index in [0.29, 0.717) is 28.0 Å². The Morgan fingerprint density at radius 2 is 2.04 bits per heavy atom. The Bertz CT molecular complexity index is 639. The summed E-state index contributed by atoms with van der Waals surface area (Å²) >= 11 is 13.6. The molecule has 0 aromatic heterocycles. The lowest BCUT2D eigenvalue weighted by atomic mass is 10.1. The summed E-state index contributed by atoms with van der Waals surface area (Å²) in [5.74, 6) is 0.198. The molecule has 0 unspecified atom stereocenters. The van der Waals surface area contributed by atoms with Crippen molar-refractivity contribution in [2.24, 2.45) is 5.92 Å². The molecule has 0 bridgehead atoms. The standard InChI is InChI=1S/C18H23Cl2NO3S/c1-4-5-8-24-18(23)15-10-25-17(11(2)3)21(15)16(22)12-6-7-13(19)14(20)9-12/h6-7,9,11,15,17H,4-5,8,10H2,1-3H3/t15-,17+/m0/s1. The van der Waals surface area contributed by atoms with Gasteiger partial charge in [0.25, 0.3) is 5.91 Å². The molecule has 1 aliphatic heterocycles. The van der Waals surface area contributed by atoms with Gasteiger partial charge >= 0.3 is 5.97 Å². The van der Waals surface area contributed by atoms with Gasteiger partial charge in [-0.15, -0.1) is 11.8 Å². The molecule has 1 fully saturated rings. The summed E-state index contributed by atoms with van der Waals surface area (Å²) in [6.45, 7) is 6.50. The Morgan fingerprint density at radius 3 is 2.64 bits per heavy atom. The Kier molecular flexibility index (Phi) is 7.47. The molecule has 25 heavy (non-hydrogen) atoms. The van der Waals surface area contributed by atoms with Gasteiger partial charge in [0, 0.05) is 11.3 Å². The minimum atomic E-state index is -0.573. The molecule has 0 radical (unpaired) electrons. The van der Waals surface area contributed by atoms with Crippen molar-refractivity contribution in [2.75, 3.05) is 12.4 Å². The van der Waals surface area contributed by atoms with E-state index < -0.39 is 6.04 Å². The number of ether oxygens (including phenoxy) is 1. The highest BCUT2D eigenvalue weighted by Gasteiger charge is 2.43. The smallest absolute Gasteiger partial charge is 0.329 e. The lowest BCUT2D eigenvalue weighted by molar-refractivity contribution is -0.148. The summed E-state index contributed by atoms with van der Waals surface area (Å²) in [5.41, 5.74) is 0.425. The maximum atomic E-state index is 13.1. The monoisotopic (exact) mass is 403 g/mol. The zero-order valence-corrected chi connectivity index (χ0v) is 17.0. The first kappa shape index (κ1) is 20.4. The van der Waals surface area contributed by atoms with Crippen molar-refractivity contribution in [3.05, 3.63) is 33.8 Å². The Morgan fingerprint density at radius 1 is 1.32 bits per heavy atom. The molecule has 138 valence electrons. The molecule has 2 atom stereocenters. The van der Waals surface area contributed by atoms with E-state index >= 15 is 0 Å². The number of hydrogen-bond donors (Lipinski definition) is 0. The molecule has 0 saturated carbocycles. The van der Waals surface area contributed by atoms with Gasteiger partial charge in [0.1, 0.15) is 6.04 Å². The van der Waals surface area contributed by atoms with E-state index in [4.69, 9.17) is 27.9 Å². The molecule has 1 saturated heterocycles. The highest BCUT2D eigenvalue weighted by atomic mass is 35.5. The van der Waals surface area contributed by atoms with Crippen molar-refractivity contribution >= 4 is 46.8 Å². The van der Waals surface area contributed by atoms with Gasteiger partial charge in [-0.3, -0.25) is 4.79 Å². The number of carbonyl (C=O) groups excluding carboxylic acids is 2. The quantitative estimate of drug-likeness (QED) is 0.501. The van der Waals surface area contributed by atoms with Crippen LogP contribution < -0.4 is 0 Å². The molecule has 4 nitrogen and oxygen atoms in total. The van der Waals surface area contributed by atoms with Crippen molar-refractivity contribution in [3.63, 3.8) is 0 Å². The Labute approximate surface area is 163 Å². The summed E-state index contributed by atoms with van der Waals surface area (Å²) < 4.78 is 5.36. The maximum Gasteiger partial charge on any atom is 0.329 e. The number of carbonyl (C=O) groups is 2. The van der Waals surface area contributed by atoms with Crippen molar-refractivity contribution < 1.29 is 14.3 Å². The normalized spacial score (nSPS) is 20.2. The maximum absolute atomic E-state index is 13.1. The highest BCUT2D eigenvalue weighted by Crippen LogP contribution is 2.36. The van der Waals surface area contributed by atoms with Gasteiger partial charge < -0.3 is 9.64 Å². The molecule has 1 aliphatic rings. The summed E-state index contributed by atoms with van der Waals surface area (Å²) in [6.07, 6.45) is 1.77. The highest BCUT2D eigenvalue weighted by molar-refractivity contribution is 8.00. The van der Waals surface area contributed by atoms with E-state index in [-0.39, 0.29) is 23.2 Å². The van der Waals surface area contributed by atoms with Gasteiger partial charge in [0.2, 0.25) is 0 Å². The fourth-order valence-electron chi connectivity index (χ4n) is 2.67. The number of rotatable bonds is 6. The number of hydrogen-bond acceptors (Lipinski definition) is 4. The van der Waals surface area contributed by atoms with Crippen LogP contribution in [0.3, 0.4) is 0 Å². The zero-order chi connectivity index (χ0) is 18.6. The van der Waals surface area contributed by atoms with Crippen LogP contribution >= 0.6 is 35.0 Å². The molecule has 0 N–H and O–H groups in total. The second kappa shape index (κ2) is 9.15. The molecular formula is C18H23Cl2NO3S. The molecule has 1 amide bonds. The average Bonchev–Trinajstić information content (AvgIpc) is 3.02. The number of halogens is 2. The third-order valence-corrected chi connectivity index (χ3v) is 6.38. The third-order valence-electron chi connectivity index (χ3n) is 4.02. The molecule has 1 aromatic rings. The van der Waals surface area contributed by atoms with Gasteiger partial charge in [-0.1, -0.05) is 50.4 Å². The first-order valence-corrected chi connectivity index (χ1v) is 10.2. The van der Waals surface area contributed by atoms with Crippen LogP contribution in [0.4, 0.5) is 0 Å². The van der Waals surface area contributed by atoms with Crippen LogP contribution in [0, 0.1) is 5.92 Å². The van der Waals surface area contributed by atoms with Gasteiger partial charge in [-0.25, -0.2) is 4.79 Å². The molecular weight excluding hydrogens is 381 g/mol. The molecule has 2 rings (SSSR count). The van der Waals surface area contributed by atoms with E-state index in [9.17, 15) is 9.59 Å². The fraction of sp³-hybridized carbons (Fsp3) is 0.556. The largest absolute Gasteiger partial charge is 0.464 e. The second-order valence-corrected chi connectivity index (χ2v) is 8.31. The number of esters is 1. The predicted molar refractivity (Wildman–Crippen MR) is 103 cm³/mol. The number of unbranched alkanes of at least 4 members (excludes halogenated alkanes) is 1. The van der Waals surface area contributed by atoms with E-state index in [1.165, 1.54) is 0 Å². The molecule has 0 aliphatic carbocycles. The first-order chi connectivity index (χ1) is 11.9. The number of thioether (sulfide) groups is 1. The molecule has 0 spiro atoms. The second-order valence-electron chi connectivity index (χ2n) is 6.35. The van der Waals surface area contributed by atoms with Crippen molar-refractivity contribution in [2.45, 2.75) is 45.0 Å². The van der Waals surface area contributed by atoms with Crippen LogP contribution in [0.5, 0.6) is 0 Å². The third kappa shape index (κ3) is 4.83. The summed E-state index contributed by atoms with van der Waals surface area (Å²) in [4.78, 5) is 27.2. The van der Waals surface area contributed by atoms with Crippen LogP contribution in [0.1, 0.15) is 44.0 Å². The Hall–Kier alpha value is -0.910. The van der Waals surface area contributed by atoms with E-state index in [0.717, 1.165) is 12.8 Å². The van der Waals surface area contributed by atoms with Crippen LogP contribution in [0.2, 0.25) is 10.0 Å². The summed E-state index contributed by atoms with van der Waals surface area (Å²) in [7, 11) is 0. The van der Waals surface area contributed by atoms with Crippen LogP contribution in [0.15, 0.2) is 18.2 Å².